The molecule has 2 unspecified atom stereocenters. The van der Waals surface area contributed by atoms with Crippen LogP contribution < -0.4 is 4.72 Å². The standard InChI is InChI=1S/C12H17N3O4S/c1-7-3-4-10(16)15(11(7)17)9(12(18)19)5-8-6-14(2)20-13-8/h6-7,9,13H,3-5H2,1-2H3,(H,18,19). The predicted molar refractivity (Wildman–Crippen MR) is 72.9 cm³/mol. The summed E-state index contributed by atoms with van der Waals surface area (Å²) in [7, 11) is 1.82. The first-order valence-electron chi connectivity index (χ1n) is 6.35. The molecule has 2 rings (SSSR count). The van der Waals surface area contributed by atoms with Crippen LogP contribution in [0.4, 0.5) is 0 Å². The Labute approximate surface area is 121 Å². The number of imide groups is 1. The van der Waals surface area contributed by atoms with Crippen LogP contribution in [0.15, 0.2) is 11.9 Å². The topological polar surface area (TPSA) is 90.0 Å². The fourth-order valence-corrected chi connectivity index (χ4v) is 2.84. The maximum absolute atomic E-state index is 12.1. The molecule has 110 valence electrons. The lowest BCUT2D eigenvalue weighted by molar-refractivity contribution is -0.162. The molecule has 0 radical (unpaired) electrons. The van der Waals surface area contributed by atoms with Crippen LogP contribution in [0, 0.1) is 5.92 Å². The molecule has 2 aliphatic rings. The van der Waals surface area contributed by atoms with Crippen LogP contribution in [0.3, 0.4) is 0 Å². The van der Waals surface area contributed by atoms with Gasteiger partial charge in [0.25, 0.3) is 0 Å². The highest BCUT2D eigenvalue weighted by molar-refractivity contribution is 7.95. The van der Waals surface area contributed by atoms with E-state index in [9.17, 15) is 19.5 Å². The maximum Gasteiger partial charge on any atom is 0.327 e. The first-order valence-corrected chi connectivity index (χ1v) is 7.12. The molecule has 1 fully saturated rings. The van der Waals surface area contributed by atoms with Crippen molar-refractivity contribution in [3.05, 3.63) is 11.9 Å². The molecular formula is C12H17N3O4S. The van der Waals surface area contributed by atoms with Gasteiger partial charge in [-0.25, -0.2) is 4.79 Å². The SMILES string of the molecule is CC1CCC(=O)N(C(CC2=CN(C)SN2)C(=O)O)C1=O. The number of carboxylic acid groups (broad SMARTS) is 1. The van der Waals surface area contributed by atoms with E-state index in [1.807, 2.05) is 7.05 Å². The number of carboxylic acids is 1. The minimum absolute atomic E-state index is 0.0941. The minimum Gasteiger partial charge on any atom is -0.480 e. The molecule has 8 heteroatoms. The van der Waals surface area contributed by atoms with Crippen molar-refractivity contribution in [3.8, 4) is 0 Å². The molecule has 2 heterocycles. The van der Waals surface area contributed by atoms with Crippen molar-refractivity contribution in [3.63, 3.8) is 0 Å². The summed E-state index contributed by atoms with van der Waals surface area (Å²) in [5.74, 6) is -2.27. The Morgan fingerprint density at radius 1 is 1.60 bits per heavy atom. The third-order valence-corrected chi connectivity index (χ3v) is 4.13. The maximum atomic E-state index is 12.1. The van der Waals surface area contributed by atoms with E-state index in [4.69, 9.17) is 0 Å². The molecule has 0 spiro atoms. The number of carbonyl (C=O) groups is 3. The zero-order chi connectivity index (χ0) is 14.9. The molecule has 1 saturated heterocycles. The number of hydrogen-bond acceptors (Lipinski definition) is 6. The van der Waals surface area contributed by atoms with Crippen molar-refractivity contribution in [2.45, 2.75) is 32.2 Å². The second kappa shape index (κ2) is 5.74. The zero-order valence-electron chi connectivity index (χ0n) is 11.3. The molecule has 2 N–H and O–H groups in total. The number of rotatable bonds is 4. The molecule has 2 amide bonds. The lowest BCUT2D eigenvalue weighted by Gasteiger charge is -2.33. The van der Waals surface area contributed by atoms with Crippen LogP contribution in [-0.2, 0) is 14.4 Å². The quantitative estimate of drug-likeness (QED) is 0.579. The van der Waals surface area contributed by atoms with Gasteiger partial charge >= 0.3 is 5.97 Å². The van der Waals surface area contributed by atoms with Crippen molar-refractivity contribution in [1.29, 1.82) is 0 Å². The molecule has 0 bridgehead atoms. The summed E-state index contributed by atoms with van der Waals surface area (Å²) < 4.78 is 4.75. The van der Waals surface area contributed by atoms with E-state index in [1.54, 1.807) is 17.4 Å². The second-order valence-electron chi connectivity index (χ2n) is 4.99. The number of aliphatic carboxylic acids is 1. The zero-order valence-corrected chi connectivity index (χ0v) is 12.1. The van der Waals surface area contributed by atoms with Crippen LogP contribution >= 0.6 is 12.1 Å². The normalized spacial score (nSPS) is 24.5. The van der Waals surface area contributed by atoms with E-state index in [1.165, 1.54) is 12.1 Å². The molecule has 2 aliphatic heterocycles. The number of hydrogen-bond donors (Lipinski definition) is 2. The summed E-state index contributed by atoms with van der Waals surface area (Å²) in [4.78, 5) is 36.4. The van der Waals surface area contributed by atoms with Gasteiger partial charge < -0.3 is 14.1 Å². The smallest absolute Gasteiger partial charge is 0.327 e. The number of carbonyl (C=O) groups excluding carboxylic acids is 2. The molecule has 7 nitrogen and oxygen atoms in total. The van der Waals surface area contributed by atoms with E-state index in [0.29, 0.717) is 12.1 Å². The van der Waals surface area contributed by atoms with Crippen LogP contribution in [0.25, 0.3) is 0 Å². The summed E-state index contributed by atoms with van der Waals surface area (Å²) in [6.45, 7) is 1.72. The van der Waals surface area contributed by atoms with E-state index in [2.05, 4.69) is 4.72 Å². The number of likely N-dealkylation sites (tertiary alicyclic amines) is 1. The van der Waals surface area contributed by atoms with E-state index in [-0.39, 0.29) is 18.8 Å². The largest absolute Gasteiger partial charge is 0.480 e. The summed E-state index contributed by atoms with van der Waals surface area (Å²) in [5, 5.41) is 9.35. The Morgan fingerprint density at radius 3 is 2.85 bits per heavy atom. The number of amides is 2. The van der Waals surface area contributed by atoms with Gasteiger partial charge in [0.05, 0.1) is 12.1 Å². The third kappa shape index (κ3) is 2.90. The van der Waals surface area contributed by atoms with E-state index in [0.717, 1.165) is 4.90 Å². The number of piperidine rings is 1. The summed E-state index contributed by atoms with van der Waals surface area (Å²) in [5.41, 5.74) is 0.684. The van der Waals surface area contributed by atoms with Crippen LogP contribution in [0.2, 0.25) is 0 Å². The Hall–Kier alpha value is -1.70. The molecular weight excluding hydrogens is 282 g/mol. The van der Waals surface area contributed by atoms with Crippen LogP contribution in [-0.4, -0.2) is 45.2 Å². The molecule has 0 aromatic carbocycles. The third-order valence-electron chi connectivity index (χ3n) is 3.39. The van der Waals surface area contributed by atoms with Gasteiger partial charge in [0.1, 0.15) is 6.04 Å². The molecule has 0 aromatic rings. The molecule has 2 atom stereocenters. The van der Waals surface area contributed by atoms with Gasteiger partial charge in [-0.15, -0.1) is 0 Å². The van der Waals surface area contributed by atoms with Crippen LogP contribution in [0.5, 0.6) is 0 Å². The van der Waals surface area contributed by atoms with Gasteiger partial charge in [-0.3, -0.25) is 14.5 Å². The average molecular weight is 299 g/mol. The van der Waals surface area contributed by atoms with Crippen molar-refractivity contribution in [2.75, 3.05) is 7.05 Å². The lowest BCUT2D eigenvalue weighted by atomic mass is 9.96. The van der Waals surface area contributed by atoms with Gasteiger partial charge in [0.2, 0.25) is 11.8 Å². The van der Waals surface area contributed by atoms with Gasteiger partial charge in [-0.1, -0.05) is 6.92 Å². The highest BCUT2D eigenvalue weighted by Crippen LogP contribution is 2.26. The first-order chi connectivity index (χ1) is 9.40. The minimum atomic E-state index is -1.16. The fraction of sp³-hybridized carbons (Fsp3) is 0.583. The number of nitrogens with one attached hydrogen (secondary N) is 1. The molecule has 0 saturated carbocycles. The summed E-state index contributed by atoms with van der Waals surface area (Å²) >= 11 is 1.32. The number of nitrogens with zero attached hydrogens (tertiary/aromatic N) is 2. The molecule has 0 aromatic heterocycles. The van der Waals surface area contributed by atoms with Crippen molar-refractivity contribution in [1.82, 2.24) is 13.9 Å². The van der Waals surface area contributed by atoms with Crippen molar-refractivity contribution < 1.29 is 19.5 Å². The first kappa shape index (κ1) is 14.7. The monoisotopic (exact) mass is 299 g/mol. The van der Waals surface area contributed by atoms with Crippen LogP contribution in [0.1, 0.15) is 26.2 Å². The average Bonchev–Trinajstić information content (AvgIpc) is 2.78. The second-order valence-corrected chi connectivity index (χ2v) is 5.96. The van der Waals surface area contributed by atoms with Gasteiger partial charge in [0, 0.05) is 37.7 Å². The Bertz CT molecular complexity index is 479. The van der Waals surface area contributed by atoms with Gasteiger partial charge in [-0.2, -0.15) is 0 Å². The Morgan fingerprint density at radius 2 is 2.30 bits per heavy atom. The lowest BCUT2D eigenvalue weighted by Crippen LogP contribution is -2.53. The van der Waals surface area contributed by atoms with E-state index >= 15 is 0 Å². The Balaban J connectivity index is 2.19. The van der Waals surface area contributed by atoms with Crippen molar-refractivity contribution >= 4 is 29.9 Å². The molecule has 0 aliphatic carbocycles. The molecule has 20 heavy (non-hydrogen) atoms. The summed E-state index contributed by atoms with van der Waals surface area (Å²) in [6, 6.07) is -1.15. The summed E-state index contributed by atoms with van der Waals surface area (Å²) in [6.07, 6.45) is 2.55. The predicted octanol–water partition coefficient (Wildman–Crippen LogP) is 0.554. The Kier molecular flexibility index (Phi) is 4.22. The van der Waals surface area contributed by atoms with Gasteiger partial charge in [-0.05, 0) is 6.42 Å². The van der Waals surface area contributed by atoms with Crippen molar-refractivity contribution in [2.24, 2.45) is 5.92 Å². The van der Waals surface area contributed by atoms with E-state index < -0.39 is 23.8 Å². The highest BCUT2D eigenvalue weighted by atomic mass is 32.2. The highest BCUT2D eigenvalue weighted by Gasteiger charge is 2.40. The fourth-order valence-electron chi connectivity index (χ4n) is 2.27. The van der Waals surface area contributed by atoms with Gasteiger partial charge in [0.15, 0.2) is 0 Å².